The van der Waals surface area contributed by atoms with Crippen molar-refractivity contribution in [1.29, 1.82) is 0 Å². The van der Waals surface area contributed by atoms with Crippen LogP contribution in [0.1, 0.15) is 21.9 Å². The Morgan fingerprint density at radius 1 is 1.06 bits per heavy atom. The molecule has 2 aromatic carbocycles. The second-order valence-corrected chi connectivity index (χ2v) is 9.92. The SMILES string of the molecule is O=C(O)CN1C(=O)C2Sc3[nH]c(=O)sc3[C@@H](c3cccc(OCc4ccccc4)c3)C2C1=O. The quantitative estimate of drug-likeness (QED) is 0.519. The third kappa shape index (κ3) is 3.96. The summed E-state index contributed by atoms with van der Waals surface area (Å²) in [6.45, 7) is -0.314. The third-order valence-corrected chi connectivity index (χ3v) is 8.08. The number of carbonyl (C=O) groups is 3. The molecule has 2 aliphatic heterocycles. The molecule has 2 aliphatic rings. The summed E-state index contributed by atoms with van der Waals surface area (Å²) in [6, 6.07) is 16.9. The Morgan fingerprint density at radius 3 is 2.61 bits per heavy atom. The highest BCUT2D eigenvalue weighted by Gasteiger charge is 2.56. The molecule has 10 heteroatoms. The Morgan fingerprint density at radius 2 is 1.85 bits per heavy atom. The van der Waals surface area contributed by atoms with E-state index in [0.717, 1.165) is 39.1 Å². The number of nitrogens with zero attached hydrogens (tertiary/aromatic N) is 1. The van der Waals surface area contributed by atoms with Crippen LogP contribution in [0.4, 0.5) is 0 Å². The molecule has 168 valence electrons. The summed E-state index contributed by atoms with van der Waals surface area (Å²) < 4.78 is 5.94. The van der Waals surface area contributed by atoms with Crippen LogP contribution in [0.3, 0.4) is 0 Å². The molecule has 3 aromatic rings. The van der Waals surface area contributed by atoms with E-state index in [1.54, 1.807) is 12.1 Å². The fourth-order valence-electron chi connectivity index (χ4n) is 4.26. The highest BCUT2D eigenvalue weighted by molar-refractivity contribution is 8.00. The maximum Gasteiger partial charge on any atom is 0.323 e. The van der Waals surface area contributed by atoms with Crippen molar-refractivity contribution < 1.29 is 24.2 Å². The number of hydrogen-bond donors (Lipinski definition) is 2. The number of aromatic nitrogens is 1. The molecule has 5 rings (SSSR count). The molecular formula is C23H18N2O6S2. The highest BCUT2D eigenvalue weighted by Crippen LogP contribution is 2.52. The molecule has 1 saturated heterocycles. The number of benzene rings is 2. The first-order valence-corrected chi connectivity index (χ1v) is 11.9. The molecule has 3 atom stereocenters. The van der Waals surface area contributed by atoms with Crippen LogP contribution >= 0.6 is 23.1 Å². The van der Waals surface area contributed by atoms with Gasteiger partial charge in [0.25, 0.3) is 0 Å². The number of carboxylic acids is 1. The lowest BCUT2D eigenvalue weighted by Gasteiger charge is -2.30. The second-order valence-electron chi connectivity index (χ2n) is 7.75. The molecule has 0 radical (unpaired) electrons. The van der Waals surface area contributed by atoms with Crippen molar-refractivity contribution in [3.05, 3.63) is 80.3 Å². The molecule has 0 aliphatic carbocycles. The molecule has 3 heterocycles. The molecule has 1 fully saturated rings. The van der Waals surface area contributed by atoms with Crippen LogP contribution in [-0.2, 0) is 21.0 Å². The molecule has 33 heavy (non-hydrogen) atoms. The number of thioether (sulfide) groups is 1. The monoisotopic (exact) mass is 482 g/mol. The summed E-state index contributed by atoms with van der Waals surface area (Å²) in [5.74, 6) is -3.11. The van der Waals surface area contributed by atoms with Gasteiger partial charge in [-0.05, 0) is 23.3 Å². The van der Waals surface area contributed by atoms with Crippen molar-refractivity contribution in [2.24, 2.45) is 5.92 Å². The Kier molecular flexibility index (Phi) is 5.55. The van der Waals surface area contributed by atoms with E-state index in [2.05, 4.69) is 4.98 Å². The number of imide groups is 1. The van der Waals surface area contributed by atoms with Crippen LogP contribution in [0.15, 0.2) is 64.4 Å². The Labute approximate surface area is 196 Å². The van der Waals surface area contributed by atoms with Crippen molar-refractivity contribution in [3.63, 3.8) is 0 Å². The fourth-order valence-corrected chi connectivity index (χ4v) is 6.80. The van der Waals surface area contributed by atoms with Crippen LogP contribution in [0.25, 0.3) is 0 Å². The van der Waals surface area contributed by atoms with Gasteiger partial charge in [-0.1, -0.05) is 65.6 Å². The van der Waals surface area contributed by atoms with E-state index in [4.69, 9.17) is 4.74 Å². The van der Waals surface area contributed by atoms with Crippen LogP contribution < -0.4 is 9.61 Å². The zero-order valence-electron chi connectivity index (χ0n) is 17.1. The van der Waals surface area contributed by atoms with Gasteiger partial charge in [0.2, 0.25) is 11.8 Å². The molecule has 2 amide bonds. The predicted octanol–water partition coefficient (Wildman–Crippen LogP) is 2.69. The minimum absolute atomic E-state index is 0.267. The number of hydrogen-bond acceptors (Lipinski definition) is 7. The van der Waals surface area contributed by atoms with Gasteiger partial charge in [0.15, 0.2) is 0 Å². The van der Waals surface area contributed by atoms with E-state index in [1.807, 2.05) is 42.5 Å². The van der Waals surface area contributed by atoms with Gasteiger partial charge in [0.1, 0.15) is 24.2 Å². The summed E-state index contributed by atoms with van der Waals surface area (Å²) in [7, 11) is 0. The lowest BCUT2D eigenvalue weighted by Crippen LogP contribution is -2.36. The van der Waals surface area contributed by atoms with E-state index in [-0.39, 0.29) is 4.87 Å². The second kappa shape index (κ2) is 8.53. The number of carboxylic acid groups (broad SMARTS) is 1. The number of amides is 2. The van der Waals surface area contributed by atoms with Gasteiger partial charge in [-0.3, -0.25) is 24.1 Å². The normalized spacial score (nSPS) is 21.6. The smallest absolute Gasteiger partial charge is 0.323 e. The average molecular weight is 483 g/mol. The average Bonchev–Trinajstić information content (AvgIpc) is 3.29. The standard InChI is InChI=1S/C23H18N2O6S2/c26-15(27)10-25-21(28)17-16(18-20(24-23(30)33-18)32-19(17)22(25)29)13-7-4-8-14(9-13)31-11-12-5-2-1-3-6-12/h1-9,16-17,19H,10-11H2,(H,24,30)(H,26,27)/t16-,17?,19?/m0/s1. The van der Waals surface area contributed by atoms with Gasteiger partial charge in [-0.15, -0.1) is 0 Å². The Bertz CT molecular complexity index is 1300. The number of aliphatic carboxylic acids is 1. The first kappa shape index (κ1) is 21.5. The number of aromatic amines is 1. The van der Waals surface area contributed by atoms with E-state index in [0.29, 0.717) is 22.3 Å². The van der Waals surface area contributed by atoms with Gasteiger partial charge in [-0.25, -0.2) is 0 Å². The van der Waals surface area contributed by atoms with Crippen molar-refractivity contribution in [2.45, 2.75) is 22.8 Å². The maximum absolute atomic E-state index is 13.2. The third-order valence-electron chi connectivity index (χ3n) is 5.67. The summed E-state index contributed by atoms with van der Waals surface area (Å²) in [4.78, 5) is 53.4. The number of thiazole rings is 1. The van der Waals surface area contributed by atoms with E-state index in [1.165, 1.54) is 0 Å². The Hall–Kier alpha value is -3.37. The van der Waals surface area contributed by atoms with Crippen molar-refractivity contribution in [2.75, 3.05) is 6.54 Å². The van der Waals surface area contributed by atoms with Gasteiger partial charge >= 0.3 is 10.8 Å². The molecule has 0 spiro atoms. The minimum atomic E-state index is -1.25. The number of likely N-dealkylation sites (tertiary alicyclic amines) is 1. The first-order valence-electron chi connectivity index (χ1n) is 10.2. The molecule has 0 bridgehead atoms. The van der Waals surface area contributed by atoms with Crippen molar-refractivity contribution in [3.8, 4) is 5.75 Å². The Balaban J connectivity index is 1.51. The summed E-state index contributed by atoms with van der Waals surface area (Å²) >= 11 is 2.13. The number of H-pyrrole nitrogens is 1. The van der Waals surface area contributed by atoms with Crippen LogP contribution in [0.2, 0.25) is 0 Å². The fraction of sp³-hybridized carbons (Fsp3) is 0.217. The zero-order valence-corrected chi connectivity index (χ0v) is 18.7. The lowest BCUT2D eigenvalue weighted by atomic mass is 9.83. The number of carbonyl (C=O) groups excluding carboxylic acids is 2. The number of fused-ring (bicyclic) bond motifs is 2. The summed E-state index contributed by atoms with van der Waals surface area (Å²) in [6.07, 6.45) is 0. The van der Waals surface area contributed by atoms with Crippen molar-refractivity contribution in [1.82, 2.24) is 9.88 Å². The predicted molar refractivity (Wildman–Crippen MR) is 121 cm³/mol. The maximum atomic E-state index is 13.2. The topological polar surface area (TPSA) is 117 Å². The van der Waals surface area contributed by atoms with Crippen LogP contribution in [0, 0.1) is 5.92 Å². The summed E-state index contributed by atoms with van der Waals surface area (Å²) in [5.41, 5.74) is 1.73. The van der Waals surface area contributed by atoms with Gasteiger partial charge in [0.05, 0.1) is 10.9 Å². The molecule has 2 unspecified atom stereocenters. The molecule has 0 saturated carbocycles. The van der Waals surface area contributed by atoms with Crippen LogP contribution in [-0.4, -0.2) is 44.6 Å². The van der Waals surface area contributed by atoms with E-state index < -0.39 is 41.4 Å². The highest BCUT2D eigenvalue weighted by atomic mass is 32.2. The molecular weight excluding hydrogens is 464 g/mol. The number of ether oxygens (including phenoxy) is 1. The minimum Gasteiger partial charge on any atom is -0.489 e. The summed E-state index contributed by atoms with van der Waals surface area (Å²) in [5, 5.41) is 8.92. The van der Waals surface area contributed by atoms with Crippen LogP contribution in [0.5, 0.6) is 5.75 Å². The van der Waals surface area contributed by atoms with Gasteiger partial charge in [-0.2, -0.15) is 0 Å². The number of rotatable bonds is 6. The largest absolute Gasteiger partial charge is 0.489 e. The van der Waals surface area contributed by atoms with Gasteiger partial charge in [0, 0.05) is 10.8 Å². The van der Waals surface area contributed by atoms with E-state index in [9.17, 15) is 24.3 Å². The molecule has 1 aromatic heterocycles. The number of nitrogens with one attached hydrogen (secondary N) is 1. The molecule has 8 nitrogen and oxygen atoms in total. The molecule has 2 N–H and O–H groups in total. The van der Waals surface area contributed by atoms with Gasteiger partial charge < -0.3 is 14.8 Å². The van der Waals surface area contributed by atoms with Crippen molar-refractivity contribution >= 4 is 40.9 Å². The first-order chi connectivity index (χ1) is 15.9. The lowest BCUT2D eigenvalue weighted by molar-refractivity contribution is -0.149. The van der Waals surface area contributed by atoms with E-state index >= 15 is 0 Å². The zero-order chi connectivity index (χ0) is 23.1.